The monoisotopic (exact) mass is 602 g/mol. The number of hydrogen-bond donors (Lipinski definition) is 0. The molecule has 0 fully saturated rings. The topological polar surface area (TPSA) is 0 Å². The Balaban J connectivity index is 0.000000168. The predicted octanol–water partition coefficient (Wildman–Crippen LogP) is 10.0. The standard InChI is InChI=1S/C17H15.C13H9.C2H6Si.2ClH.Zr/c1-2-13-11-15-9-6-10-16(17(15)12-13)14-7-4-3-5-8-14;1-3-7-12-10(5-1)9-11-6-2-4-8-13(11)12;1-3-2;;;/h3-12H,2H2,1H3;1-5,7-8H,9H2;1-2H3;2*1H;/q2*-1;;;;+4/p-2. The van der Waals surface area contributed by atoms with Gasteiger partial charge < -0.3 is 0 Å². The van der Waals surface area contributed by atoms with Crippen molar-refractivity contribution in [3.63, 3.8) is 0 Å². The van der Waals surface area contributed by atoms with Gasteiger partial charge in [0.25, 0.3) is 0 Å². The van der Waals surface area contributed by atoms with E-state index in [1.807, 2.05) is 6.07 Å². The second-order valence-corrected chi connectivity index (χ2v) is 13.1. The Morgan fingerprint density at radius 2 is 1.47 bits per heavy atom. The summed E-state index contributed by atoms with van der Waals surface area (Å²) in [6.07, 6.45) is 2.15. The molecule has 0 nitrogen and oxygen atoms in total. The number of halogens is 2. The summed E-state index contributed by atoms with van der Waals surface area (Å²) in [6.45, 7) is 6.51. The van der Waals surface area contributed by atoms with E-state index in [1.165, 1.54) is 49.7 Å². The van der Waals surface area contributed by atoms with Crippen molar-refractivity contribution in [1.82, 2.24) is 0 Å². The Morgan fingerprint density at radius 3 is 2.19 bits per heavy atom. The maximum absolute atomic E-state index is 4.93. The Hall–Kier alpha value is -1.83. The van der Waals surface area contributed by atoms with Crippen molar-refractivity contribution in [1.29, 1.82) is 0 Å². The molecule has 0 unspecified atom stereocenters. The van der Waals surface area contributed by atoms with E-state index in [2.05, 4.69) is 123 Å². The summed E-state index contributed by atoms with van der Waals surface area (Å²) >= 11 is -0.826. The average molecular weight is 605 g/mol. The molecule has 0 saturated carbocycles. The SMILES string of the molecule is CCc1cc2c(-c3ccccc3)cccc2[cH-]1.C[Si]C.[Cl][Zr+2][Cl].[c-]1cccc2c1Cc1ccccc1-2. The molecule has 0 heterocycles. The van der Waals surface area contributed by atoms with E-state index in [4.69, 9.17) is 17.0 Å². The Morgan fingerprint density at radius 1 is 0.833 bits per heavy atom. The van der Waals surface area contributed by atoms with Crippen LogP contribution in [0.1, 0.15) is 23.6 Å². The molecular weight excluding hydrogens is 575 g/mol. The zero-order valence-corrected chi connectivity index (χ0v) is 26.0. The van der Waals surface area contributed by atoms with Gasteiger partial charge in [0, 0.05) is 9.52 Å². The average Bonchev–Trinajstić information content (AvgIpc) is 3.52. The van der Waals surface area contributed by atoms with Crippen LogP contribution in [0.25, 0.3) is 33.0 Å². The second kappa shape index (κ2) is 15.4. The van der Waals surface area contributed by atoms with Crippen LogP contribution >= 0.6 is 17.0 Å². The van der Waals surface area contributed by atoms with Crippen molar-refractivity contribution in [3.05, 3.63) is 126 Å². The fourth-order valence-electron chi connectivity index (χ4n) is 4.37. The number of rotatable bonds is 2. The molecule has 0 aromatic heterocycles. The molecule has 0 aliphatic heterocycles. The van der Waals surface area contributed by atoms with E-state index in [-0.39, 0.29) is 0 Å². The van der Waals surface area contributed by atoms with Crippen LogP contribution in [-0.4, -0.2) is 9.52 Å². The molecule has 6 rings (SSSR count). The third-order valence-electron chi connectivity index (χ3n) is 5.92. The molecule has 0 saturated heterocycles. The molecule has 0 amide bonds. The summed E-state index contributed by atoms with van der Waals surface area (Å²) < 4.78 is 0. The number of hydrogen-bond acceptors (Lipinski definition) is 0. The van der Waals surface area contributed by atoms with Crippen molar-refractivity contribution in [2.24, 2.45) is 0 Å². The van der Waals surface area contributed by atoms with Crippen molar-refractivity contribution >= 4 is 37.3 Å². The summed E-state index contributed by atoms with van der Waals surface area (Å²) in [5.41, 5.74) is 9.56. The Labute approximate surface area is 237 Å². The van der Waals surface area contributed by atoms with E-state index in [9.17, 15) is 0 Å². The van der Waals surface area contributed by atoms with Crippen LogP contribution < -0.4 is 0 Å². The van der Waals surface area contributed by atoms with Gasteiger partial charge in [-0.3, -0.25) is 0 Å². The van der Waals surface area contributed by atoms with E-state index in [0.717, 1.165) is 22.4 Å². The fraction of sp³-hybridized carbons (Fsp3) is 0.156. The van der Waals surface area contributed by atoms with Gasteiger partial charge in [-0.1, -0.05) is 97.4 Å². The van der Waals surface area contributed by atoms with Gasteiger partial charge in [0.05, 0.1) is 0 Å². The number of aryl methyl sites for hydroxylation is 1. The molecule has 4 heteroatoms. The van der Waals surface area contributed by atoms with Gasteiger partial charge >= 0.3 is 37.9 Å². The van der Waals surface area contributed by atoms with Crippen LogP contribution in [-0.2, 0) is 33.7 Å². The number of fused-ring (bicyclic) bond motifs is 4. The molecule has 180 valence electrons. The minimum absolute atomic E-state index is 0.826. The van der Waals surface area contributed by atoms with Crippen LogP contribution in [0.3, 0.4) is 0 Å². The molecule has 36 heavy (non-hydrogen) atoms. The van der Waals surface area contributed by atoms with Crippen LogP contribution in [0.4, 0.5) is 0 Å². The summed E-state index contributed by atoms with van der Waals surface area (Å²) in [4.78, 5) is 0. The van der Waals surface area contributed by atoms with Gasteiger partial charge in [-0.25, -0.2) is 0 Å². The minimum Gasteiger partial charge on any atom is -0.179 e. The first-order valence-electron chi connectivity index (χ1n) is 12.0. The fourth-order valence-corrected chi connectivity index (χ4v) is 4.37. The van der Waals surface area contributed by atoms with Gasteiger partial charge in [-0.15, -0.1) is 40.1 Å². The Kier molecular flexibility index (Phi) is 12.3. The first-order valence-corrected chi connectivity index (χ1v) is 20.4. The van der Waals surface area contributed by atoms with E-state index < -0.39 is 20.8 Å². The van der Waals surface area contributed by atoms with Crippen LogP contribution in [0, 0.1) is 6.07 Å². The van der Waals surface area contributed by atoms with Gasteiger partial charge in [-0.05, 0) is 18.4 Å². The normalized spacial score (nSPS) is 10.4. The summed E-state index contributed by atoms with van der Waals surface area (Å²) in [5, 5.41) is 2.72. The number of benzene rings is 4. The van der Waals surface area contributed by atoms with Gasteiger partial charge in [-0.2, -0.15) is 35.9 Å². The molecule has 0 N–H and O–H groups in total. The molecule has 5 aromatic rings. The third kappa shape index (κ3) is 7.59. The summed E-state index contributed by atoms with van der Waals surface area (Å²) in [6, 6.07) is 39.9. The third-order valence-corrected chi connectivity index (χ3v) is 5.92. The molecule has 5 aromatic carbocycles. The molecule has 1 aliphatic rings. The van der Waals surface area contributed by atoms with Crippen LogP contribution in [0.5, 0.6) is 0 Å². The van der Waals surface area contributed by atoms with E-state index in [0.29, 0.717) is 0 Å². The van der Waals surface area contributed by atoms with Crippen molar-refractivity contribution in [3.8, 4) is 22.3 Å². The first-order chi connectivity index (χ1) is 17.7. The molecular formula is C32H30Cl2SiZr. The molecule has 0 spiro atoms. The molecule has 1 aliphatic carbocycles. The maximum Gasteiger partial charge on any atom is -0.0253 e. The summed E-state index contributed by atoms with van der Waals surface area (Å²) in [7, 11) is 11.0. The van der Waals surface area contributed by atoms with Gasteiger partial charge in [0.2, 0.25) is 0 Å². The minimum atomic E-state index is -0.826. The van der Waals surface area contributed by atoms with Crippen molar-refractivity contribution in [2.45, 2.75) is 32.9 Å². The predicted molar refractivity (Wildman–Crippen MR) is 157 cm³/mol. The molecule has 0 bridgehead atoms. The molecule has 0 atom stereocenters. The summed E-state index contributed by atoms with van der Waals surface area (Å²) in [5.74, 6) is 0. The Bertz CT molecular complexity index is 1300. The zero-order chi connectivity index (χ0) is 25.8. The van der Waals surface area contributed by atoms with E-state index in [1.54, 1.807) is 0 Å². The van der Waals surface area contributed by atoms with Gasteiger partial charge in [0.1, 0.15) is 0 Å². The smallest absolute Gasteiger partial charge is 0.0253 e. The largest absolute Gasteiger partial charge is 0.179 e. The first kappa shape index (κ1) is 28.7. The quantitative estimate of drug-likeness (QED) is 0.136. The van der Waals surface area contributed by atoms with Crippen molar-refractivity contribution < 1.29 is 20.8 Å². The van der Waals surface area contributed by atoms with Gasteiger partial charge in [0.15, 0.2) is 0 Å². The van der Waals surface area contributed by atoms with Crippen LogP contribution in [0.15, 0.2) is 103 Å². The second-order valence-electron chi connectivity index (χ2n) is 8.36. The zero-order valence-electron chi connectivity index (χ0n) is 21.0. The maximum atomic E-state index is 4.93. The van der Waals surface area contributed by atoms with Crippen molar-refractivity contribution in [2.75, 3.05) is 0 Å². The van der Waals surface area contributed by atoms with E-state index >= 15 is 0 Å². The van der Waals surface area contributed by atoms with Crippen LogP contribution in [0.2, 0.25) is 13.1 Å². The molecule has 2 radical (unpaired) electrons.